The van der Waals surface area contributed by atoms with Gasteiger partial charge in [0.05, 0.1) is 5.69 Å². The summed E-state index contributed by atoms with van der Waals surface area (Å²) in [5.41, 5.74) is 8.61. The summed E-state index contributed by atoms with van der Waals surface area (Å²) in [5, 5.41) is 11.3. The number of likely N-dealkylation sites (tertiary alicyclic amines) is 1. The van der Waals surface area contributed by atoms with Crippen molar-refractivity contribution >= 4 is 17.3 Å². The van der Waals surface area contributed by atoms with Gasteiger partial charge in [0, 0.05) is 29.1 Å². The summed E-state index contributed by atoms with van der Waals surface area (Å²) in [6.07, 6.45) is 3.97. The quantitative estimate of drug-likeness (QED) is 0.752. The molecule has 2 aromatic rings. The summed E-state index contributed by atoms with van der Waals surface area (Å²) >= 11 is 0. The molecule has 0 saturated carbocycles. The summed E-state index contributed by atoms with van der Waals surface area (Å²) in [6, 6.07) is 8.29. The Morgan fingerprint density at radius 2 is 2.08 bits per heavy atom. The van der Waals surface area contributed by atoms with Crippen LogP contribution in [0.4, 0.5) is 11.6 Å². The molecule has 6 heteroatoms. The first-order valence-corrected chi connectivity index (χ1v) is 8.26. The second-order valence-corrected chi connectivity index (χ2v) is 6.41. The van der Waals surface area contributed by atoms with Crippen molar-refractivity contribution in [2.24, 2.45) is 0 Å². The van der Waals surface area contributed by atoms with Gasteiger partial charge >= 0.3 is 0 Å². The van der Waals surface area contributed by atoms with Crippen LogP contribution in [0.1, 0.15) is 25.3 Å². The number of hydrogen-bond donors (Lipinski definition) is 3. The Morgan fingerprint density at radius 3 is 2.79 bits per heavy atom. The maximum absolute atomic E-state index is 7.81. The average Bonchev–Trinajstić information content (AvgIpc) is 2.57. The molecule has 3 heterocycles. The average molecular weight is 324 g/mol. The van der Waals surface area contributed by atoms with E-state index in [1.807, 2.05) is 24.3 Å². The largest absolute Gasteiger partial charge is 0.383 e. The van der Waals surface area contributed by atoms with Crippen LogP contribution in [0.15, 0.2) is 30.5 Å². The maximum atomic E-state index is 7.81. The third-order valence-electron chi connectivity index (χ3n) is 4.44. The van der Waals surface area contributed by atoms with Crippen LogP contribution in [0.5, 0.6) is 0 Å². The molecular weight excluding hydrogens is 300 g/mol. The number of nitrogen functional groups attached to an aromatic ring is 1. The lowest BCUT2D eigenvalue weighted by molar-refractivity contribution is 0.263. The Kier molecular flexibility index (Phi) is 4.76. The van der Waals surface area contributed by atoms with Crippen molar-refractivity contribution in [2.45, 2.75) is 25.8 Å². The van der Waals surface area contributed by atoms with E-state index in [0.717, 1.165) is 43.0 Å². The van der Waals surface area contributed by atoms with Crippen LogP contribution >= 0.6 is 0 Å². The van der Waals surface area contributed by atoms with Crippen LogP contribution in [0, 0.1) is 5.41 Å². The predicted molar refractivity (Wildman–Crippen MR) is 98.5 cm³/mol. The second kappa shape index (κ2) is 6.97. The predicted octanol–water partition coefficient (Wildman–Crippen LogP) is 2.62. The van der Waals surface area contributed by atoms with Crippen LogP contribution in [-0.4, -0.2) is 46.8 Å². The molecule has 6 nitrogen and oxygen atoms in total. The molecule has 3 rings (SSSR count). The van der Waals surface area contributed by atoms with E-state index in [0.29, 0.717) is 23.1 Å². The number of nitrogens with one attached hydrogen (secondary N) is 2. The highest BCUT2D eigenvalue weighted by Gasteiger charge is 2.17. The zero-order valence-electron chi connectivity index (χ0n) is 14.2. The molecule has 0 bridgehead atoms. The minimum atomic E-state index is 0.381. The van der Waals surface area contributed by atoms with Gasteiger partial charge in [-0.2, -0.15) is 0 Å². The summed E-state index contributed by atoms with van der Waals surface area (Å²) in [4.78, 5) is 11.3. The first-order valence-electron chi connectivity index (χ1n) is 8.26. The van der Waals surface area contributed by atoms with E-state index < -0.39 is 0 Å². The Labute approximate surface area is 142 Å². The second-order valence-electron chi connectivity index (χ2n) is 6.41. The summed E-state index contributed by atoms with van der Waals surface area (Å²) < 4.78 is 0. The molecule has 0 atom stereocenters. The highest BCUT2D eigenvalue weighted by atomic mass is 15.1. The zero-order valence-corrected chi connectivity index (χ0v) is 14.2. The van der Waals surface area contributed by atoms with Crippen LogP contribution in [0.2, 0.25) is 0 Å². The highest BCUT2D eigenvalue weighted by Crippen LogP contribution is 2.23. The van der Waals surface area contributed by atoms with Crippen molar-refractivity contribution in [1.82, 2.24) is 14.9 Å². The lowest BCUT2D eigenvalue weighted by Gasteiger charge is -2.29. The molecule has 24 heavy (non-hydrogen) atoms. The smallest absolute Gasteiger partial charge is 0.132 e. The number of anilines is 2. The zero-order chi connectivity index (χ0) is 17.1. The van der Waals surface area contributed by atoms with Crippen molar-refractivity contribution in [3.8, 4) is 11.3 Å². The van der Waals surface area contributed by atoms with Crippen LogP contribution in [0.25, 0.3) is 11.3 Å². The number of pyridine rings is 2. The number of nitrogens with zero attached hydrogens (tertiary/aromatic N) is 3. The molecule has 0 amide bonds. The summed E-state index contributed by atoms with van der Waals surface area (Å²) in [5.74, 6) is 1.26. The summed E-state index contributed by atoms with van der Waals surface area (Å²) in [7, 11) is 2.16. The molecule has 0 spiro atoms. The van der Waals surface area contributed by atoms with E-state index in [1.165, 1.54) is 0 Å². The van der Waals surface area contributed by atoms with Gasteiger partial charge in [-0.15, -0.1) is 0 Å². The van der Waals surface area contributed by atoms with E-state index >= 15 is 0 Å². The van der Waals surface area contributed by atoms with Crippen molar-refractivity contribution in [3.05, 3.63) is 36.0 Å². The Hall–Kier alpha value is -2.47. The SMILES string of the molecule is CC(=N)c1cc(-c2cccc(NC3CCN(C)CC3)n2)cnc1N. The number of rotatable bonds is 4. The van der Waals surface area contributed by atoms with Gasteiger partial charge in [0.2, 0.25) is 0 Å². The number of piperidine rings is 1. The molecular formula is C18H24N6. The third-order valence-corrected chi connectivity index (χ3v) is 4.44. The van der Waals surface area contributed by atoms with Gasteiger partial charge in [0.15, 0.2) is 0 Å². The Balaban J connectivity index is 1.80. The molecule has 1 aliphatic rings. The van der Waals surface area contributed by atoms with E-state index in [1.54, 1.807) is 13.1 Å². The van der Waals surface area contributed by atoms with Gasteiger partial charge in [-0.05, 0) is 58.1 Å². The van der Waals surface area contributed by atoms with E-state index in [4.69, 9.17) is 16.1 Å². The standard InChI is InChI=1S/C18H24N6/c1-12(19)15-10-13(11-21-18(15)20)16-4-3-5-17(23-16)22-14-6-8-24(2)9-7-14/h3-5,10-11,14,19H,6-9H2,1-2H3,(H2,20,21)(H,22,23). The summed E-state index contributed by atoms with van der Waals surface area (Å²) in [6.45, 7) is 3.94. The normalized spacial score (nSPS) is 16.1. The molecule has 0 unspecified atom stereocenters. The monoisotopic (exact) mass is 324 g/mol. The minimum absolute atomic E-state index is 0.381. The van der Waals surface area contributed by atoms with Gasteiger partial charge in [0.1, 0.15) is 11.6 Å². The minimum Gasteiger partial charge on any atom is -0.383 e. The van der Waals surface area contributed by atoms with E-state index in [-0.39, 0.29) is 0 Å². The fraction of sp³-hybridized carbons (Fsp3) is 0.389. The number of aromatic nitrogens is 2. The molecule has 126 valence electrons. The Morgan fingerprint density at radius 1 is 1.33 bits per heavy atom. The first-order chi connectivity index (χ1) is 11.5. The molecule has 1 fully saturated rings. The molecule has 0 radical (unpaired) electrons. The van der Waals surface area contributed by atoms with Crippen molar-refractivity contribution in [3.63, 3.8) is 0 Å². The molecule has 4 N–H and O–H groups in total. The van der Waals surface area contributed by atoms with Crippen molar-refractivity contribution < 1.29 is 0 Å². The lowest BCUT2D eigenvalue weighted by atomic mass is 10.1. The fourth-order valence-corrected chi connectivity index (χ4v) is 2.95. The lowest BCUT2D eigenvalue weighted by Crippen LogP contribution is -2.36. The van der Waals surface area contributed by atoms with Gasteiger partial charge in [-0.1, -0.05) is 6.07 Å². The van der Waals surface area contributed by atoms with Gasteiger partial charge in [-0.25, -0.2) is 9.97 Å². The van der Waals surface area contributed by atoms with Crippen molar-refractivity contribution in [2.75, 3.05) is 31.2 Å². The topological polar surface area (TPSA) is 90.9 Å². The molecule has 1 aliphatic heterocycles. The molecule has 0 aliphatic carbocycles. The molecule has 1 saturated heterocycles. The van der Waals surface area contributed by atoms with Gasteiger partial charge < -0.3 is 21.4 Å². The third kappa shape index (κ3) is 3.71. The van der Waals surface area contributed by atoms with Gasteiger partial charge in [-0.3, -0.25) is 0 Å². The van der Waals surface area contributed by atoms with Crippen molar-refractivity contribution in [1.29, 1.82) is 5.41 Å². The Bertz CT molecular complexity index is 734. The van der Waals surface area contributed by atoms with E-state index in [2.05, 4.69) is 22.2 Å². The van der Waals surface area contributed by atoms with E-state index in [9.17, 15) is 0 Å². The van der Waals surface area contributed by atoms with Gasteiger partial charge in [0.25, 0.3) is 0 Å². The number of nitrogens with two attached hydrogens (primary N) is 1. The molecule has 0 aromatic carbocycles. The van der Waals surface area contributed by atoms with Crippen LogP contribution in [0.3, 0.4) is 0 Å². The highest BCUT2D eigenvalue weighted by molar-refractivity contribution is 6.01. The fourth-order valence-electron chi connectivity index (χ4n) is 2.95. The number of hydrogen-bond acceptors (Lipinski definition) is 6. The maximum Gasteiger partial charge on any atom is 0.132 e. The molecule has 2 aromatic heterocycles. The van der Waals surface area contributed by atoms with Crippen LogP contribution < -0.4 is 11.1 Å². The van der Waals surface area contributed by atoms with Crippen LogP contribution in [-0.2, 0) is 0 Å². The first kappa shape index (κ1) is 16.4.